The van der Waals surface area contributed by atoms with Crippen molar-refractivity contribution >= 4 is 34.5 Å². The van der Waals surface area contributed by atoms with Gasteiger partial charge in [-0.05, 0) is 48.6 Å². The van der Waals surface area contributed by atoms with Crippen LogP contribution in [0.5, 0.6) is 0 Å². The predicted octanol–water partition coefficient (Wildman–Crippen LogP) is 3.80. The van der Waals surface area contributed by atoms with Crippen molar-refractivity contribution in [1.29, 1.82) is 5.26 Å². The maximum absolute atomic E-state index is 12.1. The lowest BCUT2D eigenvalue weighted by atomic mass is 10.2. The molecule has 0 spiro atoms. The Balaban J connectivity index is 1.41. The van der Waals surface area contributed by atoms with Gasteiger partial charge < -0.3 is 14.8 Å². The van der Waals surface area contributed by atoms with E-state index >= 15 is 0 Å². The minimum atomic E-state index is -0.215. The quantitative estimate of drug-likeness (QED) is 0.453. The first-order valence-electron chi connectivity index (χ1n) is 9.09. The van der Waals surface area contributed by atoms with Crippen LogP contribution in [0.2, 0.25) is 4.34 Å². The lowest BCUT2D eigenvalue weighted by Crippen LogP contribution is -2.40. The van der Waals surface area contributed by atoms with Crippen LogP contribution >= 0.6 is 22.9 Å². The number of halogens is 1. The van der Waals surface area contributed by atoms with Gasteiger partial charge in [0.15, 0.2) is 6.19 Å². The number of hydrogen-bond donors (Lipinski definition) is 2. The molecule has 0 saturated heterocycles. The van der Waals surface area contributed by atoms with Crippen LogP contribution in [0.3, 0.4) is 0 Å². The summed E-state index contributed by atoms with van der Waals surface area (Å²) in [6.07, 6.45) is 13.0. The number of allylic oxidation sites excluding steroid dienone is 2. The van der Waals surface area contributed by atoms with E-state index in [-0.39, 0.29) is 12.1 Å². The number of hydrogen-bond acceptors (Lipinski definition) is 6. The normalized spacial score (nSPS) is 15.1. The first kappa shape index (κ1) is 19.8. The first-order valence-corrected chi connectivity index (χ1v) is 10.3. The minimum Gasteiger partial charge on any atom is -0.346 e. The Morgan fingerprint density at radius 1 is 1.20 bits per heavy atom. The number of nitriles is 1. The van der Waals surface area contributed by atoms with Gasteiger partial charge >= 0.3 is 0 Å². The summed E-state index contributed by atoms with van der Waals surface area (Å²) < 4.78 is 2.48. The third kappa shape index (κ3) is 4.38. The standard InChI is InChI=1S/C21H17ClN6OS/c22-19-9-8-18(30-19)21(29)24-11-15-12-27(14-26-15)16-4-6-17(7-5-16)28-10-2-1-3-20(28)25-13-23/h1-10,12,14,20,25H,11H2,(H,24,29). The molecule has 2 N–H and O–H groups in total. The highest BCUT2D eigenvalue weighted by Gasteiger charge is 2.15. The van der Waals surface area contributed by atoms with E-state index in [2.05, 4.69) is 15.6 Å². The Kier molecular flexibility index (Phi) is 5.84. The van der Waals surface area contributed by atoms with E-state index < -0.39 is 0 Å². The number of imidazole rings is 1. The second-order valence-corrected chi connectivity index (χ2v) is 8.12. The molecule has 3 heterocycles. The number of nitrogens with one attached hydrogen (secondary N) is 2. The zero-order valence-electron chi connectivity index (χ0n) is 15.7. The van der Waals surface area contributed by atoms with Crippen LogP contribution in [0.15, 0.2) is 73.4 Å². The van der Waals surface area contributed by atoms with Crippen molar-refractivity contribution in [1.82, 2.24) is 20.2 Å². The van der Waals surface area contributed by atoms with Crippen LogP contribution in [-0.4, -0.2) is 21.6 Å². The van der Waals surface area contributed by atoms with E-state index in [0.717, 1.165) is 17.1 Å². The van der Waals surface area contributed by atoms with Crippen LogP contribution in [0.1, 0.15) is 15.4 Å². The highest BCUT2D eigenvalue weighted by molar-refractivity contribution is 7.17. The number of nitrogens with zero attached hydrogens (tertiary/aromatic N) is 4. The fourth-order valence-electron chi connectivity index (χ4n) is 3.01. The third-order valence-corrected chi connectivity index (χ3v) is 5.70. The SMILES string of the molecule is N#CNC1C=CC=CN1c1ccc(-n2cnc(CNC(=O)c3ccc(Cl)s3)c2)cc1. The fourth-order valence-corrected chi connectivity index (χ4v) is 3.97. The van der Waals surface area contributed by atoms with Crippen molar-refractivity contribution in [2.24, 2.45) is 0 Å². The van der Waals surface area contributed by atoms with Gasteiger partial charge in [-0.15, -0.1) is 11.3 Å². The number of anilines is 1. The molecule has 0 fully saturated rings. The van der Waals surface area contributed by atoms with Crippen LogP contribution in [0.4, 0.5) is 5.69 Å². The molecule has 1 unspecified atom stereocenters. The summed E-state index contributed by atoms with van der Waals surface area (Å²) in [6, 6.07) is 11.3. The molecule has 9 heteroatoms. The van der Waals surface area contributed by atoms with Gasteiger partial charge in [-0.25, -0.2) is 4.98 Å². The van der Waals surface area contributed by atoms with Gasteiger partial charge in [-0.2, -0.15) is 5.26 Å². The van der Waals surface area contributed by atoms with Gasteiger partial charge in [-0.1, -0.05) is 17.7 Å². The summed E-state index contributed by atoms with van der Waals surface area (Å²) in [6.45, 7) is 0.325. The molecule has 2 aromatic heterocycles. The summed E-state index contributed by atoms with van der Waals surface area (Å²) in [7, 11) is 0. The van der Waals surface area contributed by atoms with Crippen molar-refractivity contribution < 1.29 is 4.79 Å². The van der Waals surface area contributed by atoms with Gasteiger partial charge in [0.25, 0.3) is 5.91 Å². The molecule has 4 rings (SSSR count). The Bertz CT molecular complexity index is 1140. The number of amides is 1. The highest BCUT2D eigenvalue weighted by Crippen LogP contribution is 2.23. The van der Waals surface area contributed by atoms with E-state index in [4.69, 9.17) is 16.9 Å². The van der Waals surface area contributed by atoms with Crippen molar-refractivity contribution in [3.63, 3.8) is 0 Å². The lowest BCUT2D eigenvalue weighted by molar-refractivity contribution is 0.0954. The predicted molar refractivity (Wildman–Crippen MR) is 117 cm³/mol. The molecule has 7 nitrogen and oxygen atoms in total. The molecule has 1 aliphatic rings. The molecule has 0 radical (unpaired) electrons. The van der Waals surface area contributed by atoms with Crippen molar-refractivity contribution in [2.75, 3.05) is 4.90 Å². The Labute approximate surface area is 182 Å². The molecular formula is C21H17ClN6OS. The molecule has 1 amide bonds. The van der Waals surface area contributed by atoms with E-state index in [9.17, 15) is 4.79 Å². The molecule has 30 heavy (non-hydrogen) atoms. The molecule has 1 aliphatic heterocycles. The Morgan fingerprint density at radius 3 is 2.73 bits per heavy atom. The molecule has 3 aromatic rings. The van der Waals surface area contributed by atoms with Crippen molar-refractivity contribution in [3.05, 3.63) is 88.3 Å². The largest absolute Gasteiger partial charge is 0.346 e. The van der Waals surface area contributed by atoms with Crippen LogP contribution in [0.25, 0.3) is 5.69 Å². The average molecular weight is 437 g/mol. The molecule has 0 bridgehead atoms. The van der Waals surface area contributed by atoms with Gasteiger partial charge in [0, 0.05) is 23.8 Å². The highest BCUT2D eigenvalue weighted by atomic mass is 35.5. The number of carbonyl (C=O) groups is 1. The smallest absolute Gasteiger partial charge is 0.261 e. The zero-order chi connectivity index (χ0) is 20.9. The van der Waals surface area contributed by atoms with E-state index in [1.807, 2.05) is 70.6 Å². The van der Waals surface area contributed by atoms with Crippen LogP contribution in [0, 0.1) is 11.5 Å². The molecule has 0 aliphatic carbocycles. The van der Waals surface area contributed by atoms with Crippen molar-refractivity contribution in [2.45, 2.75) is 12.7 Å². The fraction of sp³-hybridized carbons (Fsp3) is 0.0952. The van der Waals surface area contributed by atoms with Gasteiger partial charge in [0.05, 0.1) is 27.8 Å². The number of rotatable bonds is 6. The summed E-state index contributed by atoms with van der Waals surface area (Å²) in [4.78, 5) is 19.0. The monoisotopic (exact) mass is 436 g/mol. The molecular weight excluding hydrogens is 420 g/mol. The number of carbonyl (C=O) groups excluding carboxylic acids is 1. The zero-order valence-corrected chi connectivity index (χ0v) is 17.3. The summed E-state index contributed by atoms with van der Waals surface area (Å²) >= 11 is 7.11. The summed E-state index contributed by atoms with van der Waals surface area (Å²) in [5, 5.41) is 14.5. The van der Waals surface area contributed by atoms with Gasteiger partial charge in [0.1, 0.15) is 6.17 Å². The topological polar surface area (TPSA) is 86.0 Å². The second kappa shape index (κ2) is 8.86. The van der Waals surface area contributed by atoms with Gasteiger partial charge in [0.2, 0.25) is 0 Å². The number of benzene rings is 1. The summed E-state index contributed by atoms with van der Waals surface area (Å²) in [5.41, 5.74) is 2.64. The maximum Gasteiger partial charge on any atom is 0.261 e. The van der Waals surface area contributed by atoms with Crippen LogP contribution < -0.4 is 15.5 Å². The lowest BCUT2D eigenvalue weighted by Gasteiger charge is -2.29. The Hall–Kier alpha value is -3.54. The van der Waals surface area contributed by atoms with Crippen molar-refractivity contribution in [3.8, 4) is 11.9 Å². The summed E-state index contributed by atoms with van der Waals surface area (Å²) in [5.74, 6) is -0.171. The minimum absolute atomic E-state index is 0.171. The molecule has 1 aromatic carbocycles. The number of aromatic nitrogens is 2. The average Bonchev–Trinajstić information content (AvgIpc) is 3.42. The number of thiophene rings is 1. The van der Waals surface area contributed by atoms with Gasteiger partial charge in [-0.3, -0.25) is 10.1 Å². The Morgan fingerprint density at radius 2 is 2.00 bits per heavy atom. The second-order valence-electron chi connectivity index (χ2n) is 6.41. The third-order valence-electron chi connectivity index (χ3n) is 4.47. The first-order chi connectivity index (χ1) is 14.6. The van der Waals surface area contributed by atoms with Crippen LogP contribution in [-0.2, 0) is 6.54 Å². The van der Waals surface area contributed by atoms with E-state index in [1.54, 1.807) is 18.5 Å². The maximum atomic E-state index is 12.1. The molecule has 1 atom stereocenters. The molecule has 0 saturated carbocycles. The van der Waals surface area contributed by atoms with E-state index in [1.165, 1.54) is 11.3 Å². The molecule has 150 valence electrons. The van der Waals surface area contributed by atoms with E-state index in [0.29, 0.717) is 15.8 Å².